The number of nitrogens with one attached hydrogen (secondary N) is 1. The van der Waals surface area contributed by atoms with Gasteiger partial charge in [0, 0.05) is 28.8 Å². The molecule has 0 aromatic carbocycles. The van der Waals surface area contributed by atoms with Crippen LogP contribution in [0.5, 0.6) is 0 Å². The first-order chi connectivity index (χ1) is 9.72. The maximum absolute atomic E-state index is 6.10. The van der Waals surface area contributed by atoms with Crippen molar-refractivity contribution in [2.24, 2.45) is 0 Å². The number of aryl methyl sites for hydroxylation is 1. The van der Waals surface area contributed by atoms with Gasteiger partial charge in [0.2, 0.25) is 0 Å². The molecule has 4 heteroatoms. The highest BCUT2D eigenvalue weighted by Crippen LogP contribution is 2.32. The summed E-state index contributed by atoms with van der Waals surface area (Å²) in [5.41, 5.74) is 8.54. The minimum Gasteiger partial charge on any atom is -0.383 e. The zero-order valence-corrected chi connectivity index (χ0v) is 13.5. The van der Waals surface area contributed by atoms with Gasteiger partial charge in [0.25, 0.3) is 0 Å². The van der Waals surface area contributed by atoms with E-state index in [0.29, 0.717) is 11.9 Å². The molecule has 3 N–H and O–H groups in total. The normalized spacial score (nSPS) is 18.1. The Balaban J connectivity index is 2.02. The van der Waals surface area contributed by atoms with Crippen LogP contribution < -0.4 is 11.1 Å². The van der Waals surface area contributed by atoms with Crippen molar-refractivity contribution in [2.45, 2.75) is 57.2 Å². The summed E-state index contributed by atoms with van der Waals surface area (Å²) in [5.74, 6) is 1.77. The zero-order valence-electron chi connectivity index (χ0n) is 12.7. The molecule has 1 aromatic rings. The molecule has 112 valence electrons. The molecule has 20 heavy (non-hydrogen) atoms. The zero-order chi connectivity index (χ0) is 14.4. The van der Waals surface area contributed by atoms with Crippen LogP contribution in [-0.4, -0.2) is 22.5 Å². The Kier molecular flexibility index (Phi) is 6.17. The van der Waals surface area contributed by atoms with E-state index in [-0.39, 0.29) is 0 Å². The highest BCUT2D eigenvalue weighted by Gasteiger charge is 2.20. The lowest BCUT2D eigenvalue weighted by Gasteiger charge is -2.26. The first-order valence-electron chi connectivity index (χ1n) is 7.78. The van der Waals surface area contributed by atoms with E-state index in [4.69, 9.17) is 5.73 Å². The first kappa shape index (κ1) is 15.6. The summed E-state index contributed by atoms with van der Waals surface area (Å²) in [5, 5.41) is 4.42. The van der Waals surface area contributed by atoms with Crippen LogP contribution in [0.1, 0.15) is 56.2 Å². The number of hydrogen-bond acceptors (Lipinski definition) is 4. The number of nitrogens with zero attached hydrogens (tertiary/aromatic N) is 1. The second-order valence-electron chi connectivity index (χ2n) is 5.63. The van der Waals surface area contributed by atoms with Crippen molar-refractivity contribution in [1.82, 2.24) is 10.3 Å². The standard InChI is InChI=1S/C16H27N3S/c1-3-18-14(11-20-13-7-5-4-6-8-13)15-12(2)9-10-19-16(15)17/h9-10,13-14,18H,3-8,11H2,1-2H3,(H2,17,19). The van der Waals surface area contributed by atoms with Crippen LogP contribution in [0, 0.1) is 6.92 Å². The lowest BCUT2D eigenvalue weighted by molar-refractivity contribution is 0.514. The van der Waals surface area contributed by atoms with E-state index >= 15 is 0 Å². The Bertz CT molecular complexity index is 396. The van der Waals surface area contributed by atoms with Crippen LogP contribution >= 0.6 is 11.8 Å². The number of hydrogen-bond donors (Lipinski definition) is 2. The molecule has 1 fully saturated rings. The fourth-order valence-electron chi connectivity index (χ4n) is 3.00. The molecule has 1 atom stereocenters. The molecule has 0 saturated heterocycles. The SMILES string of the molecule is CCNC(CSC1CCCCC1)c1c(C)ccnc1N. The third kappa shape index (κ3) is 4.13. The summed E-state index contributed by atoms with van der Waals surface area (Å²) < 4.78 is 0. The molecule has 1 aliphatic rings. The van der Waals surface area contributed by atoms with Crippen molar-refractivity contribution in [3.05, 3.63) is 23.4 Å². The predicted molar refractivity (Wildman–Crippen MR) is 89.1 cm³/mol. The minimum absolute atomic E-state index is 0.320. The largest absolute Gasteiger partial charge is 0.383 e. The average molecular weight is 293 g/mol. The van der Waals surface area contributed by atoms with Gasteiger partial charge in [0.15, 0.2) is 0 Å². The molecule has 0 radical (unpaired) electrons. The van der Waals surface area contributed by atoms with Gasteiger partial charge in [-0.15, -0.1) is 0 Å². The Hall–Kier alpha value is -0.740. The van der Waals surface area contributed by atoms with E-state index in [0.717, 1.165) is 17.5 Å². The van der Waals surface area contributed by atoms with Gasteiger partial charge in [-0.05, 0) is 37.9 Å². The molecule has 1 aromatic heterocycles. The minimum atomic E-state index is 0.320. The summed E-state index contributed by atoms with van der Waals surface area (Å²) in [7, 11) is 0. The maximum atomic E-state index is 6.10. The van der Waals surface area contributed by atoms with Crippen LogP contribution in [0.25, 0.3) is 0 Å². The van der Waals surface area contributed by atoms with Crippen molar-refractivity contribution in [3.8, 4) is 0 Å². The number of nitrogen functional groups attached to an aromatic ring is 1. The molecule has 0 aliphatic heterocycles. The molecule has 0 spiro atoms. The topological polar surface area (TPSA) is 50.9 Å². The van der Waals surface area contributed by atoms with Crippen LogP contribution in [0.4, 0.5) is 5.82 Å². The van der Waals surface area contributed by atoms with Crippen molar-refractivity contribution in [1.29, 1.82) is 0 Å². The van der Waals surface area contributed by atoms with Crippen molar-refractivity contribution < 1.29 is 0 Å². The van der Waals surface area contributed by atoms with Gasteiger partial charge >= 0.3 is 0 Å². The van der Waals surface area contributed by atoms with Crippen molar-refractivity contribution in [2.75, 3.05) is 18.0 Å². The number of nitrogens with two attached hydrogens (primary N) is 1. The molecule has 1 saturated carbocycles. The van der Waals surface area contributed by atoms with Crippen LogP contribution in [0.15, 0.2) is 12.3 Å². The highest BCUT2D eigenvalue weighted by molar-refractivity contribution is 7.99. The number of aromatic nitrogens is 1. The monoisotopic (exact) mass is 293 g/mol. The first-order valence-corrected chi connectivity index (χ1v) is 8.83. The molecule has 1 heterocycles. The third-order valence-corrected chi connectivity index (χ3v) is 5.56. The summed E-state index contributed by atoms with van der Waals surface area (Å²) in [6.45, 7) is 5.24. The van der Waals surface area contributed by atoms with E-state index in [9.17, 15) is 0 Å². The fraction of sp³-hybridized carbons (Fsp3) is 0.688. The Labute approximate surface area is 127 Å². The van der Waals surface area contributed by atoms with Crippen molar-refractivity contribution >= 4 is 17.6 Å². The van der Waals surface area contributed by atoms with Crippen LogP contribution in [0.3, 0.4) is 0 Å². The molecule has 1 unspecified atom stereocenters. The molecule has 2 rings (SSSR count). The van der Waals surface area contributed by atoms with Gasteiger partial charge in [-0.25, -0.2) is 4.98 Å². The number of anilines is 1. The lowest BCUT2D eigenvalue weighted by Crippen LogP contribution is -2.26. The predicted octanol–water partition coefficient (Wildman–Crippen LogP) is 3.69. The Morgan fingerprint density at radius 1 is 1.40 bits per heavy atom. The molecular formula is C16H27N3S. The van der Waals surface area contributed by atoms with Gasteiger partial charge in [0.1, 0.15) is 5.82 Å². The molecular weight excluding hydrogens is 266 g/mol. The summed E-state index contributed by atoms with van der Waals surface area (Å²) in [6, 6.07) is 2.38. The quantitative estimate of drug-likeness (QED) is 0.840. The third-order valence-electron chi connectivity index (χ3n) is 4.09. The second-order valence-corrected chi connectivity index (χ2v) is 6.96. The maximum Gasteiger partial charge on any atom is 0.128 e. The van der Waals surface area contributed by atoms with E-state index in [1.54, 1.807) is 6.20 Å². The van der Waals surface area contributed by atoms with Crippen molar-refractivity contribution in [3.63, 3.8) is 0 Å². The summed E-state index contributed by atoms with van der Waals surface area (Å²) >= 11 is 2.11. The molecule has 0 amide bonds. The molecule has 0 bridgehead atoms. The average Bonchev–Trinajstić information content (AvgIpc) is 2.45. The van der Waals surface area contributed by atoms with E-state index in [2.05, 4.69) is 42.0 Å². The van der Waals surface area contributed by atoms with Crippen LogP contribution in [0.2, 0.25) is 0 Å². The molecule has 3 nitrogen and oxygen atoms in total. The highest BCUT2D eigenvalue weighted by atomic mass is 32.2. The Morgan fingerprint density at radius 3 is 2.80 bits per heavy atom. The number of thioether (sulfide) groups is 1. The van der Waals surface area contributed by atoms with E-state index in [1.807, 2.05) is 0 Å². The van der Waals surface area contributed by atoms with E-state index in [1.165, 1.54) is 43.2 Å². The fourth-order valence-corrected chi connectivity index (χ4v) is 4.41. The number of rotatable bonds is 6. The van der Waals surface area contributed by atoms with Gasteiger partial charge in [-0.3, -0.25) is 0 Å². The lowest BCUT2D eigenvalue weighted by atomic mass is 10.0. The molecule has 1 aliphatic carbocycles. The van der Waals surface area contributed by atoms with Gasteiger partial charge in [-0.1, -0.05) is 26.2 Å². The number of pyridine rings is 1. The van der Waals surface area contributed by atoms with Crippen LogP contribution in [-0.2, 0) is 0 Å². The summed E-state index contributed by atoms with van der Waals surface area (Å²) in [6.07, 6.45) is 8.78. The second kappa shape index (κ2) is 7.89. The smallest absolute Gasteiger partial charge is 0.128 e. The summed E-state index contributed by atoms with van der Waals surface area (Å²) in [4.78, 5) is 4.27. The van der Waals surface area contributed by atoms with E-state index < -0.39 is 0 Å². The Morgan fingerprint density at radius 2 is 2.15 bits per heavy atom. The van der Waals surface area contributed by atoms with Gasteiger partial charge < -0.3 is 11.1 Å². The van der Waals surface area contributed by atoms with Gasteiger partial charge in [0.05, 0.1) is 0 Å². The van der Waals surface area contributed by atoms with Gasteiger partial charge in [-0.2, -0.15) is 11.8 Å².